The third-order valence-electron chi connectivity index (χ3n) is 3.24. The van der Waals surface area contributed by atoms with Crippen molar-refractivity contribution in [2.75, 3.05) is 5.32 Å². The summed E-state index contributed by atoms with van der Waals surface area (Å²) in [5, 5.41) is 5.56. The summed E-state index contributed by atoms with van der Waals surface area (Å²) in [5.41, 5.74) is 1.45. The summed E-state index contributed by atoms with van der Waals surface area (Å²) >= 11 is 4.63. The van der Waals surface area contributed by atoms with Crippen molar-refractivity contribution in [3.8, 4) is 0 Å². The number of hydrogen-bond acceptors (Lipinski definition) is 4. The van der Waals surface area contributed by atoms with Gasteiger partial charge in [0.15, 0.2) is 5.17 Å². The number of amidine groups is 1. The third kappa shape index (κ3) is 4.46. The molecule has 1 heterocycles. The van der Waals surface area contributed by atoms with Crippen LogP contribution >= 0.6 is 27.7 Å². The van der Waals surface area contributed by atoms with Crippen molar-refractivity contribution in [1.29, 1.82) is 0 Å². The number of amides is 2. The zero-order valence-corrected chi connectivity index (χ0v) is 14.9. The van der Waals surface area contributed by atoms with Gasteiger partial charge in [-0.15, -0.1) is 0 Å². The average molecular weight is 404 g/mol. The molecule has 0 bridgehead atoms. The smallest absolute Gasteiger partial charge is 0.240 e. The highest BCUT2D eigenvalue weighted by atomic mass is 79.9. The van der Waals surface area contributed by atoms with Gasteiger partial charge >= 0.3 is 0 Å². The van der Waals surface area contributed by atoms with Gasteiger partial charge in [-0.2, -0.15) is 0 Å². The van der Waals surface area contributed by atoms with Gasteiger partial charge in [-0.1, -0.05) is 52.0 Å². The van der Waals surface area contributed by atoms with Gasteiger partial charge in [-0.05, 0) is 30.3 Å². The van der Waals surface area contributed by atoms with Crippen molar-refractivity contribution in [2.24, 2.45) is 4.99 Å². The molecule has 122 valence electrons. The van der Waals surface area contributed by atoms with E-state index < -0.39 is 5.25 Å². The Hall–Kier alpha value is -2.12. The number of aliphatic imine (C=N–C) groups is 1. The number of carbonyl (C=O) groups is 2. The van der Waals surface area contributed by atoms with Gasteiger partial charge in [-0.25, -0.2) is 4.99 Å². The molecule has 0 saturated carbocycles. The van der Waals surface area contributed by atoms with Crippen LogP contribution in [0.4, 0.5) is 11.4 Å². The van der Waals surface area contributed by atoms with E-state index in [9.17, 15) is 9.59 Å². The average Bonchev–Trinajstić information content (AvgIpc) is 2.87. The molecule has 1 aliphatic heterocycles. The summed E-state index contributed by atoms with van der Waals surface area (Å²) in [6.45, 7) is 0. The minimum atomic E-state index is -0.473. The van der Waals surface area contributed by atoms with Crippen LogP contribution in [-0.4, -0.2) is 22.2 Å². The number of thioether (sulfide) groups is 1. The van der Waals surface area contributed by atoms with Gasteiger partial charge in [0.25, 0.3) is 0 Å². The SMILES string of the molecule is O=C(C[C@@H]1SC(=Nc2ccccc2)NC1=O)Nc1cccc(Br)c1. The van der Waals surface area contributed by atoms with Crippen molar-refractivity contribution in [2.45, 2.75) is 11.7 Å². The predicted molar refractivity (Wildman–Crippen MR) is 100 cm³/mol. The first kappa shape index (κ1) is 16.7. The van der Waals surface area contributed by atoms with Crippen LogP contribution in [0.5, 0.6) is 0 Å². The molecule has 5 nitrogen and oxygen atoms in total. The van der Waals surface area contributed by atoms with Gasteiger partial charge < -0.3 is 10.6 Å². The molecule has 1 aliphatic rings. The first-order chi connectivity index (χ1) is 11.6. The lowest BCUT2D eigenvalue weighted by Crippen LogP contribution is -2.28. The maximum absolute atomic E-state index is 12.1. The Labute approximate surface area is 152 Å². The Morgan fingerprint density at radius 3 is 2.75 bits per heavy atom. The lowest BCUT2D eigenvalue weighted by Gasteiger charge is -2.07. The molecular formula is C17H14BrN3O2S. The van der Waals surface area contributed by atoms with Crippen LogP contribution < -0.4 is 10.6 Å². The maximum atomic E-state index is 12.1. The molecular weight excluding hydrogens is 390 g/mol. The van der Waals surface area contributed by atoms with E-state index in [0.29, 0.717) is 10.9 Å². The number of para-hydroxylation sites is 1. The number of nitrogens with zero attached hydrogens (tertiary/aromatic N) is 1. The quantitative estimate of drug-likeness (QED) is 0.817. The van der Waals surface area contributed by atoms with Crippen molar-refractivity contribution >= 4 is 56.0 Å². The largest absolute Gasteiger partial charge is 0.326 e. The lowest BCUT2D eigenvalue weighted by molar-refractivity contribution is -0.122. The number of benzene rings is 2. The number of anilines is 1. The van der Waals surface area contributed by atoms with E-state index in [1.807, 2.05) is 48.5 Å². The zero-order valence-electron chi connectivity index (χ0n) is 12.5. The number of rotatable bonds is 4. The molecule has 24 heavy (non-hydrogen) atoms. The van der Waals surface area contributed by atoms with E-state index in [1.165, 1.54) is 11.8 Å². The van der Waals surface area contributed by atoms with Gasteiger partial charge in [0.05, 0.1) is 5.69 Å². The minimum absolute atomic E-state index is 0.0941. The zero-order chi connectivity index (χ0) is 16.9. The summed E-state index contributed by atoms with van der Waals surface area (Å²) < 4.78 is 0.880. The number of carbonyl (C=O) groups excluding carboxylic acids is 2. The second kappa shape index (κ2) is 7.63. The summed E-state index contributed by atoms with van der Waals surface area (Å²) in [6, 6.07) is 16.7. The van der Waals surface area contributed by atoms with Crippen LogP contribution in [-0.2, 0) is 9.59 Å². The highest BCUT2D eigenvalue weighted by Gasteiger charge is 2.32. The molecule has 1 fully saturated rings. The molecule has 2 aromatic rings. The van der Waals surface area contributed by atoms with Crippen LogP contribution in [0, 0.1) is 0 Å². The predicted octanol–water partition coefficient (Wildman–Crippen LogP) is 3.70. The van der Waals surface area contributed by atoms with Crippen LogP contribution in [0.2, 0.25) is 0 Å². The summed E-state index contributed by atoms with van der Waals surface area (Å²) in [4.78, 5) is 28.5. The van der Waals surface area contributed by atoms with E-state index in [4.69, 9.17) is 0 Å². The Kier molecular flexibility index (Phi) is 5.32. The second-order valence-electron chi connectivity index (χ2n) is 5.11. The highest BCUT2D eigenvalue weighted by molar-refractivity contribution is 9.10. The van der Waals surface area contributed by atoms with E-state index in [2.05, 4.69) is 31.6 Å². The molecule has 7 heteroatoms. The third-order valence-corrected chi connectivity index (χ3v) is 4.82. The van der Waals surface area contributed by atoms with Crippen molar-refractivity contribution in [3.63, 3.8) is 0 Å². The number of nitrogens with one attached hydrogen (secondary N) is 2. The molecule has 2 amide bonds. The normalized spacial score (nSPS) is 18.5. The van der Waals surface area contributed by atoms with Crippen LogP contribution in [0.1, 0.15) is 6.42 Å². The Morgan fingerprint density at radius 1 is 1.21 bits per heavy atom. The molecule has 0 radical (unpaired) electrons. The van der Waals surface area contributed by atoms with E-state index in [-0.39, 0.29) is 18.2 Å². The van der Waals surface area contributed by atoms with Crippen LogP contribution in [0.15, 0.2) is 64.1 Å². The van der Waals surface area contributed by atoms with E-state index in [0.717, 1.165) is 10.2 Å². The first-order valence-corrected chi connectivity index (χ1v) is 8.94. The molecule has 0 aliphatic carbocycles. The fourth-order valence-electron chi connectivity index (χ4n) is 2.16. The van der Waals surface area contributed by atoms with Gasteiger partial charge in [-0.3, -0.25) is 9.59 Å². The molecule has 1 atom stereocenters. The monoisotopic (exact) mass is 403 g/mol. The fourth-order valence-corrected chi connectivity index (χ4v) is 3.55. The van der Waals surface area contributed by atoms with E-state index >= 15 is 0 Å². The van der Waals surface area contributed by atoms with E-state index in [1.54, 1.807) is 6.07 Å². The van der Waals surface area contributed by atoms with Crippen LogP contribution in [0.25, 0.3) is 0 Å². The Bertz CT molecular complexity index is 795. The lowest BCUT2D eigenvalue weighted by atomic mass is 10.2. The van der Waals surface area contributed by atoms with Crippen LogP contribution in [0.3, 0.4) is 0 Å². The van der Waals surface area contributed by atoms with Crippen molar-refractivity contribution < 1.29 is 9.59 Å². The molecule has 0 aromatic heterocycles. The second-order valence-corrected chi connectivity index (χ2v) is 7.22. The minimum Gasteiger partial charge on any atom is -0.326 e. The van der Waals surface area contributed by atoms with Gasteiger partial charge in [0.1, 0.15) is 5.25 Å². The first-order valence-electron chi connectivity index (χ1n) is 7.27. The van der Waals surface area contributed by atoms with Gasteiger partial charge in [0, 0.05) is 16.6 Å². The number of hydrogen-bond donors (Lipinski definition) is 2. The fraction of sp³-hybridized carbons (Fsp3) is 0.118. The molecule has 0 spiro atoms. The standard InChI is InChI=1S/C17H14BrN3O2S/c18-11-5-4-8-13(9-11)19-15(22)10-14-16(23)21-17(24-14)20-12-6-2-1-3-7-12/h1-9,14H,10H2,(H,19,22)(H,20,21,23)/t14-/m0/s1. The highest BCUT2D eigenvalue weighted by Crippen LogP contribution is 2.25. The van der Waals surface area contributed by atoms with Gasteiger partial charge in [0.2, 0.25) is 11.8 Å². The molecule has 2 aromatic carbocycles. The molecule has 0 unspecified atom stereocenters. The molecule has 1 saturated heterocycles. The molecule has 3 rings (SSSR count). The number of halogens is 1. The summed E-state index contributed by atoms with van der Waals surface area (Å²) in [6.07, 6.45) is 0.0941. The Morgan fingerprint density at radius 2 is 2.00 bits per heavy atom. The maximum Gasteiger partial charge on any atom is 0.240 e. The van der Waals surface area contributed by atoms with Crippen molar-refractivity contribution in [3.05, 3.63) is 59.1 Å². The summed E-state index contributed by atoms with van der Waals surface area (Å²) in [7, 11) is 0. The summed E-state index contributed by atoms with van der Waals surface area (Å²) in [5.74, 6) is -0.402. The topological polar surface area (TPSA) is 70.6 Å². The van der Waals surface area contributed by atoms with Crippen molar-refractivity contribution in [1.82, 2.24) is 5.32 Å². The molecule has 2 N–H and O–H groups in total. The Balaban J connectivity index is 1.60.